The van der Waals surface area contributed by atoms with Gasteiger partial charge in [0.15, 0.2) is 11.5 Å². The number of amides is 2. The molecule has 2 amide bonds. The molecule has 9 heteroatoms. The van der Waals surface area contributed by atoms with E-state index in [-0.39, 0.29) is 5.69 Å². The summed E-state index contributed by atoms with van der Waals surface area (Å²) in [7, 11) is 0. The Bertz CT molecular complexity index is 1610. The zero-order valence-electron chi connectivity index (χ0n) is 22.1. The van der Waals surface area contributed by atoms with Gasteiger partial charge in [0.1, 0.15) is 19.0 Å². The fourth-order valence-corrected chi connectivity index (χ4v) is 5.11. The Morgan fingerprint density at radius 1 is 0.925 bits per heavy atom. The van der Waals surface area contributed by atoms with Crippen molar-refractivity contribution < 1.29 is 23.5 Å². The van der Waals surface area contributed by atoms with Crippen molar-refractivity contribution in [2.45, 2.75) is 32.4 Å². The van der Waals surface area contributed by atoms with Crippen molar-refractivity contribution in [3.05, 3.63) is 89.4 Å². The summed E-state index contributed by atoms with van der Waals surface area (Å²) in [5.41, 5.74) is 2.83. The summed E-state index contributed by atoms with van der Waals surface area (Å²) in [6.07, 6.45) is 2.42. The zero-order chi connectivity index (χ0) is 27.6. The number of likely N-dealkylation sites (tertiary alicyclic amines) is 1. The van der Waals surface area contributed by atoms with Crippen LogP contribution in [0, 0.1) is 5.82 Å². The van der Waals surface area contributed by atoms with Crippen LogP contribution in [0.25, 0.3) is 10.9 Å². The fraction of sp³-hybridized carbons (Fsp3) is 0.258. The smallest absolute Gasteiger partial charge is 0.255 e. The standard InChI is InChI=1S/C31H29FN4O4/c1-19-3-2-12-36(19)18-24-7-4-20-15-21(5-10-26(20)33-24)31(38)35-27-17-23(8-9-25(27)32)34-30(37)22-6-11-28-29(16-22)40-14-13-39-28/h4-11,15-17,19H,2-3,12-14,18H2,1H3,(H,34,37)(H,35,38)/t19-/m1/s1. The minimum atomic E-state index is -0.617. The fourth-order valence-electron chi connectivity index (χ4n) is 5.11. The highest BCUT2D eigenvalue weighted by molar-refractivity contribution is 6.07. The van der Waals surface area contributed by atoms with E-state index in [4.69, 9.17) is 14.5 Å². The number of nitrogens with one attached hydrogen (secondary N) is 2. The van der Waals surface area contributed by atoms with Crippen molar-refractivity contribution in [1.29, 1.82) is 0 Å². The van der Waals surface area contributed by atoms with E-state index in [1.54, 1.807) is 30.3 Å². The van der Waals surface area contributed by atoms with Gasteiger partial charge in [0.2, 0.25) is 0 Å². The maximum absolute atomic E-state index is 14.6. The van der Waals surface area contributed by atoms with Crippen molar-refractivity contribution in [1.82, 2.24) is 9.88 Å². The number of ether oxygens (including phenoxy) is 2. The third-order valence-electron chi connectivity index (χ3n) is 7.34. The Hall–Kier alpha value is -4.50. The summed E-state index contributed by atoms with van der Waals surface area (Å²) in [5, 5.41) is 6.19. The number of carbonyl (C=O) groups excluding carboxylic acids is 2. The normalized spacial score (nSPS) is 16.6. The number of pyridine rings is 1. The Balaban J connectivity index is 1.14. The van der Waals surface area contributed by atoms with Crippen LogP contribution in [0.1, 0.15) is 46.2 Å². The minimum Gasteiger partial charge on any atom is -0.486 e. The summed E-state index contributed by atoms with van der Waals surface area (Å²) >= 11 is 0. The van der Waals surface area contributed by atoms with Crippen LogP contribution in [0.4, 0.5) is 15.8 Å². The second kappa shape index (κ2) is 10.9. The molecule has 0 bridgehead atoms. The van der Waals surface area contributed by atoms with Gasteiger partial charge in [-0.3, -0.25) is 19.5 Å². The number of rotatable bonds is 6. The molecule has 8 nitrogen and oxygen atoms in total. The number of hydrogen-bond donors (Lipinski definition) is 2. The number of hydrogen-bond acceptors (Lipinski definition) is 6. The van der Waals surface area contributed by atoms with Crippen molar-refractivity contribution in [3.8, 4) is 11.5 Å². The first-order valence-corrected chi connectivity index (χ1v) is 13.4. The molecule has 1 atom stereocenters. The largest absolute Gasteiger partial charge is 0.486 e. The number of carbonyl (C=O) groups is 2. The Kier molecular flexibility index (Phi) is 7.04. The van der Waals surface area contributed by atoms with Crippen LogP contribution in [-0.4, -0.2) is 47.5 Å². The molecule has 0 saturated carbocycles. The molecule has 1 saturated heterocycles. The molecule has 0 radical (unpaired) electrons. The molecule has 0 aliphatic carbocycles. The topological polar surface area (TPSA) is 92.8 Å². The van der Waals surface area contributed by atoms with E-state index in [1.165, 1.54) is 31.0 Å². The van der Waals surface area contributed by atoms with E-state index >= 15 is 0 Å². The SMILES string of the molecule is C[C@@H]1CCCN1Cc1ccc2cc(C(=O)Nc3cc(NC(=O)c4ccc5c(c4)OCCO5)ccc3F)ccc2n1. The van der Waals surface area contributed by atoms with E-state index in [9.17, 15) is 14.0 Å². The number of nitrogens with zero attached hydrogens (tertiary/aromatic N) is 2. The molecular formula is C31H29FN4O4. The van der Waals surface area contributed by atoms with Crippen LogP contribution in [0.2, 0.25) is 0 Å². The van der Waals surface area contributed by atoms with Crippen LogP contribution in [0.3, 0.4) is 0 Å². The minimum absolute atomic E-state index is 0.0433. The predicted octanol–water partition coefficient (Wildman–Crippen LogP) is 5.63. The molecule has 3 heterocycles. The molecule has 1 fully saturated rings. The molecule has 4 aromatic rings. The van der Waals surface area contributed by atoms with E-state index < -0.39 is 17.6 Å². The molecule has 40 heavy (non-hydrogen) atoms. The van der Waals surface area contributed by atoms with Crippen molar-refractivity contribution >= 4 is 34.1 Å². The number of aromatic nitrogens is 1. The van der Waals surface area contributed by atoms with Gasteiger partial charge in [-0.05, 0) is 87.0 Å². The average Bonchev–Trinajstić information content (AvgIpc) is 3.37. The van der Waals surface area contributed by atoms with Gasteiger partial charge in [-0.15, -0.1) is 0 Å². The third-order valence-corrected chi connectivity index (χ3v) is 7.34. The predicted molar refractivity (Wildman–Crippen MR) is 151 cm³/mol. The summed E-state index contributed by atoms with van der Waals surface area (Å²) in [6.45, 7) is 5.00. The molecule has 1 aromatic heterocycles. The van der Waals surface area contributed by atoms with Crippen LogP contribution < -0.4 is 20.1 Å². The third kappa shape index (κ3) is 5.46. The number of halogens is 1. The van der Waals surface area contributed by atoms with Crippen molar-refractivity contribution in [2.75, 3.05) is 30.4 Å². The lowest BCUT2D eigenvalue weighted by molar-refractivity contribution is 0.101. The van der Waals surface area contributed by atoms with Gasteiger partial charge in [0, 0.05) is 34.8 Å². The molecule has 2 aliphatic heterocycles. The van der Waals surface area contributed by atoms with E-state index in [0.29, 0.717) is 47.6 Å². The average molecular weight is 541 g/mol. The number of benzene rings is 3. The van der Waals surface area contributed by atoms with E-state index in [2.05, 4.69) is 22.5 Å². The first-order valence-electron chi connectivity index (χ1n) is 13.4. The summed E-state index contributed by atoms with van der Waals surface area (Å²) in [6, 6.07) is 18.7. The number of fused-ring (bicyclic) bond motifs is 2. The van der Waals surface area contributed by atoms with Crippen LogP contribution >= 0.6 is 0 Å². The first-order chi connectivity index (χ1) is 19.4. The van der Waals surface area contributed by atoms with Crippen molar-refractivity contribution in [2.24, 2.45) is 0 Å². The Morgan fingerprint density at radius 3 is 2.52 bits per heavy atom. The van der Waals surface area contributed by atoms with Gasteiger partial charge in [0.25, 0.3) is 11.8 Å². The van der Waals surface area contributed by atoms with Gasteiger partial charge in [-0.2, -0.15) is 0 Å². The van der Waals surface area contributed by atoms with Gasteiger partial charge < -0.3 is 20.1 Å². The second-order valence-electron chi connectivity index (χ2n) is 10.1. The summed E-state index contributed by atoms with van der Waals surface area (Å²) < 4.78 is 25.6. The van der Waals surface area contributed by atoms with Gasteiger partial charge in [-0.1, -0.05) is 6.07 Å². The molecule has 204 valence electrons. The van der Waals surface area contributed by atoms with Gasteiger partial charge in [-0.25, -0.2) is 4.39 Å². The summed E-state index contributed by atoms with van der Waals surface area (Å²) in [4.78, 5) is 33.0. The molecule has 3 aromatic carbocycles. The van der Waals surface area contributed by atoms with Crippen molar-refractivity contribution in [3.63, 3.8) is 0 Å². The Morgan fingerprint density at radius 2 is 1.70 bits per heavy atom. The maximum Gasteiger partial charge on any atom is 0.255 e. The molecule has 0 spiro atoms. The summed E-state index contributed by atoms with van der Waals surface area (Å²) in [5.74, 6) is -0.411. The highest BCUT2D eigenvalue weighted by Gasteiger charge is 2.21. The highest BCUT2D eigenvalue weighted by atomic mass is 19.1. The van der Waals surface area contributed by atoms with Crippen LogP contribution in [0.5, 0.6) is 11.5 Å². The monoisotopic (exact) mass is 540 g/mol. The van der Waals surface area contributed by atoms with Gasteiger partial charge >= 0.3 is 0 Å². The molecule has 2 N–H and O–H groups in total. The molecule has 0 unspecified atom stereocenters. The van der Waals surface area contributed by atoms with Crippen LogP contribution in [-0.2, 0) is 6.54 Å². The van der Waals surface area contributed by atoms with Crippen LogP contribution in [0.15, 0.2) is 66.7 Å². The van der Waals surface area contributed by atoms with E-state index in [0.717, 1.165) is 29.7 Å². The lowest BCUT2D eigenvalue weighted by Crippen LogP contribution is -2.26. The first kappa shape index (κ1) is 25.8. The molecule has 2 aliphatic rings. The molecule has 6 rings (SSSR count). The lowest BCUT2D eigenvalue weighted by atomic mass is 10.1. The number of anilines is 2. The zero-order valence-corrected chi connectivity index (χ0v) is 22.1. The van der Waals surface area contributed by atoms with E-state index in [1.807, 2.05) is 18.2 Å². The quantitative estimate of drug-likeness (QED) is 0.329. The molecular weight excluding hydrogens is 511 g/mol. The lowest BCUT2D eigenvalue weighted by Gasteiger charge is -2.20. The Labute approximate surface area is 231 Å². The highest BCUT2D eigenvalue weighted by Crippen LogP contribution is 2.31. The maximum atomic E-state index is 14.6. The second-order valence-corrected chi connectivity index (χ2v) is 10.1. The van der Waals surface area contributed by atoms with Gasteiger partial charge in [0.05, 0.1) is 16.9 Å².